The standard InChI is InChI=1S/C11H13BrClNO3/c1-16-9-6-10(17-2)8(5-7(9)13)14-11(15)3-4-12/h5-6H,3-4H2,1-2H3,(H,14,15). The molecule has 0 unspecified atom stereocenters. The zero-order valence-electron chi connectivity index (χ0n) is 9.55. The number of halogens is 2. The van der Waals surface area contributed by atoms with Crippen molar-refractivity contribution in [2.45, 2.75) is 6.42 Å². The molecule has 0 aromatic heterocycles. The number of benzene rings is 1. The Kier molecular flexibility index (Phi) is 5.58. The Bertz CT molecular complexity index is 412. The highest BCUT2D eigenvalue weighted by Crippen LogP contribution is 2.35. The molecule has 0 saturated carbocycles. The van der Waals surface area contributed by atoms with Crippen molar-refractivity contribution in [2.24, 2.45) is 0 Å². The van der Waals surface area contributed by atoms with Crippen molar-refractivity contribution in [3.05, 3.63) is 17.2 Å². The fourth-order valence-corrected chi connectivity index (χ4v) is 1.86. The van der Waals surface area contributed by atoms with Crippen LogP contribution in [0.25, 0.3) is 0 Å². The zero-order valence-corrected chi connectivity index (χ0v) is 11.9. The van der Waals surface area contributed by atoms with Gasteiger partial charge in [0.15, 0.2) is 0 Å². The number of amides is 1. The summed E-state index contributed by atoms with van der Waals surface area (Å²) >= 11 is 9.18. The predicted molar refractivity (Wildman–Crippen MR) is 71.6 cm³/mol. The smallest absolute Gasteiger partial charge is 0.225 e. The highest BCUT2D eigenvalue weighted by Gasteiger charge is 2.11. The van der Waals surface area contributed by atoms with Crippen LogP contribution in [0.2, 0.25) is 5.02 Å². The van der Waals surface area contributed by atoms with Crippen molar-refractivity contribution in [1.29, 1.82) is 0 Å². The van der Waals surface area contributed by atoms with Gasteiger partial charge in [0.25, 0.3) is 0 Å². The van der Waals surface area contributed by atoms with Crippen molar-refractivity contribution < 1.29 is 14.3 Å². The second kappa shape index (κ2) is 6.71. The Morgan fingerprint density at radius 1 is 1.35 bits per heavy atom. The average Bonchev–Trinajstić information content (AvgIpc) is 2.29. The lowest BCUT2D eigenvalue weighted by Crippen LogP contribution is -2.12. The topological polar surface area (TPSA) is 47.6 Å². The molecule has 1 amide bonds. The van der Waals surface area contributed by atoms with Crippen molar-refractivity contribution in [3.8, 4) is 11.5 Å². The summed E-state index contributed by atoms with van der Waals surface area (Å²) in [7, 11) is 3.03. The molecule has 1 aromatic rings. The minimum Gasteiger partial charge on any atom is -0.495 e. The Labute approximate surface area is 113 Å². The summed E-state index contributed by atoms with van der Waals surface area (Å²) in [6, 6.07) is 3.23. The number of carbonyl (C=O) groups excluding carboxylic acids is 1. The maximum absolute atomic E-state index is 11.5. The molecule has 17 heavy (non-hydrogen) atoms. The van der Waals surface area contributed by atoms with E-state index in [9.17, 15) is 4.79 Å². The van der Waals surface area contributed by atoms with Gasteiger partial charge in [-0.25, -0.2) is 0 Å². The molecule has 1 rings (SSSR count). The number of ether oxygens (including phenoxy) is 2. The number of alkyl halides is 1. The van der Waals surface area contributed by atoms with Gasteiger partial charge < -0.3 is 14.8 Å². The van der Waals surface area contributed by atoms with Crippen molar-refractivity contribution in [1.82, 2.24) is 0 Å². The van der Waals surface area contributed by atoms with Gasteiger partial charge in [-0.3, -0.25) is 4.79 Å². The molecule has 4 nitrogen and oxygen atoms in total. The molecule has 0 aliphatic heterocycles. The van der Waals surface area contributed by atoms with Crippen LogP contribution in [0, 0.1) is 0 Å². The van der Waals surface area contributed by atoms with Crippen LogP contribution in [-0.4, -0.2) is 25.5 Å². The number of hydrogen-bond acceptors (Lipinski definition) is 3. The van der Waals surface area contributed by atoms with E-state index in [1.54, 1.807) is 12.1 Å². The first-order valence-corrected chi connectivity index (χ1v) is 6.39. The number of nitrogens with one attached hydrogen (secondary N) is 1. The van der Waals surface area contributed by atoms with Crippen LogP contribution in [0.5, 0.6) is 11.5 Å². The number of anilines is 1. The van der Waals surface area contributed by atoms with Crippen LogP contribution in [0.4, 0.5) is 5.69 Å². The summed E-state index contributed by atoms with van der Waals surface area (Å²) < 4.78 is 10.2. The molecule has 1 N–H and O–H groups in total. The molecule has 0 saturated heterocycles. The van der Waals surface area contributed by atoms with Gasteiger partial charge in [0.05, 0.1) is 24.9 Å². The molecule has 6 heteroatoms. The Morgan fingerprint density at radius 3 is 2.53 bits per heavy atom. The van der Waals surface area contributed by atoms with Crippen molar-refractivity contribution in [3.63, 3.8) is 0 Å². The SMILES string of the molecule is COc1cc(OC)c(NC(=O)CCBr)cc1Cl. The second-order valence-electron chi connectivity index (χ2n) is 3.17. The van der Waals surface area contributed by atoms with Crippen LogP contribution in [0.15, 0.2) is 12.1 Å². The number of hydrogen-bond donors (Lipinski definition) is 1. The Morgan fingerprint density at radius 2 is 2.00 bits per heavy atom. The average molecular weight is 323 g/mol. The molecule has 0 atom stereocenters. The lowest BCUT2D eigenvalue weighted by atomic mass is 10.2. The quantitative estimate of drug-likeness (QED) is 0.848. The van der Waals surface area contributed by atoms with E-state index in [1.807, 2.05) is 0 Å². The third-order valence-electron chi connectivity index (χ3n) is 2.07. The normalized spacial score (nSPS) is 9.88. The van der Waals surface area contributed by atoms with Gasteiger partial charge in [-0.15, -0.1) is 0 Å². The highest BCUT2D eigenvalue weighted by atomic mass is 79.9. The van der Waals surface area contributed by atoms with Gasteiger partial charge in [0.2, 0.25) is 5.91 Å². The Hall–Kier alpha value is -0.940. The van der Waals surface area contributed by atoms with Gasteiger partial charge in [0.1, 0.15) is 11.5 Å². The molecule has 1 aromatic carbocycles. The lowest BCUT2D eigenvalue weighted by Gasteiger charge is -2.12. The first kappa shape index (κ1) is 14.1. The third kappa shape index (κ3) is 3.78. The molecule has 0 bridgehead atoms. The molecular formula is C11H13BrClNO3. The van der Waals surface area contributed by atoms with Crippen LogP contribution in [0.3, 0.4) is 0 Å². The van der Waals surface area contributed by atoms with Gasteiger partial charge in [0, 0.05) is 17.8 Å². The fraction of sp³-hybridized carbons (Fsp3) is 0.364. The van der Waals surface area contributed by atoms with Crippen molar-refractivity contribution in [2.75, 3.05) is 24.9 Å². The summed E-state index contributed by atoms with van der Waals surface area (Å²) in [4.78, 5) is 11.5. The second-order valence-corrected chi connectivity index (χ2v) is 4.37. The van der Waals surface area contributed by atoms with Crippen LogP contribution < -0.4 is 14.8 Å². The molecule has 94 valence electrons. The van der Waals surface area contributed by atoms with E-state index in [0.717, 1.165) is 0 Å². The first-order valence-electron chi connectivity index (χ1n) is 4.89. The Balaban J connectivity index is 2.98. The van der Waals surface area contributed by atoms with E-state index in [1.165, 1.54) is 14.2 Å². The molecule has 0 aliphatic rings. The highest BCUT2D eigenvalue weighted by molar-refractivity contribution is 9.09. The largest absolute Gasteiger partial charge is 0.495 e. The summed E-state index contributed by atoms with van der Waals surface area (Å²) in [5.41, 5.74) is 0.532. The number of rotatable bonds is 5. The van der Waals surface area contributed by atoms with E-state index >= 15 is 0 Å². The molecule has 0 radical (unpaired) electrons. The number of methoxy groups -OCH3 is 2. The molecule has 0 aliphatic carbocycles. The van der Waals surface area contributed by atoms with Crippen LogP contribution in [-0.2, 0) is 4.79 Å². The summed E-state index contributed by atoms with van der Waals surface area (Å²) in [6.07, 6.45) is 0.382. The van der Waals surface area contributed by atoms with Crippen LogP contribution in [0.1, 0.15) is 6.42 Å². The lowest BCUT2D eigenvalue weighted by molar-refractivity contribution is -0.115. The van der Waals surface area contributed by atoms with E-state index in [-0.39, 0.29) is 5.91 Å². The molecule has 0 fully saturated rings. The van der Waals surface area contributed by atoms with Gasteiger partial charge in [-0.2, -0.15) is 0 Å². The maximum atomic E-state index is 11.5. The monoisotopic (exact) mass is 321 g/mol. The number of carbonyl (C=O) groups is 1. The van der Waals surface area contributed by atoms with E-state index in [0.29, 0.717) is 34.0 Å². The minimum absolute atomic E-state index is 0.110. The van der Waals surface area contributed by atoms with Crippen molar-refractivity contribution >= 4 is 39.1 Å². The summed E-state index contributed by atoms with van der Waals surface area (Å²) in [5, 5.41) is 3.74. The molecule has 0 spiro atoms. The van der Waals surface area contributed by atoms with Gasteiger partial charge in [-0.1, -0.05) is 27.5 Å². The first-order chi connectivity index (χ1) is 8.12. The van der Waals surface area contributed by atoms with E-state index in [4.69, 9.17) is 21.1 Å². The van der Waals surface area contributed by atoms with Gasteiger partial charge in [-0.05, 0) is 6.07 Å². The fourth-order valence-electron chi connectivity index (χ4n) is 1.26. The predicted octanol–water partition coefficient (Wildman–Crippen LogP) is 3.08. The molecule has 0 heterocycles. The zero-order chi connectivity index (χ0) is 12.8. The maximum Gasteiger partial charge on any atom is 0.225 e. The van der Waals surface area contributed by atoms with E-state index in [2.05, 4.69) is 21.2 Å². The van der Waals surface area contributed by atoms with E-state index < -0.39 is 0 Å². The van der Waals surface area contributed by atoms with Crippen LogP contribution >= 0.6 is 27.5 Å². The third-order valence-corrected chi connectivity index (χ3v) is 2.76. The summed E-state index contributed by atoms with van der Waals surface area (Å²) in [5.74, 6) is 0.901. The minimum atomic E-state index is -0.110. The molecular weight excluding hydrogens is 309 g/mol. The van der Waals surface area contributed by atoms with Gasteiger partial charge >= 0.3 is 0 Å². The summed E-state index contributed by atoms with van der Waals surface area (Å²) in [6.45, 7) is 0.